The molecule has 28 heavy (non-hydrogen) atoms. The van der Waals surface area contributed by atoms with Crippen molar-refractivity contribution < 1.29 is 4.79 Å². The molecule has 4 rings (SSSR count). The summed E-state index contributed by atoms with van der Waals surface area (Å²) in [5.41, 5.74) is 6.27. The number of Topliss-reactive ketones (excluding diaryl/α,β-unsaturated/α-hetero) is 1. The Labute approximate surface area is 171 Å². The Bertz CT molecular complexity index is 1160. The maximum absolute atomic E-state index is 12.6. The standard InChI is InChI=1S/C18H16BrN5O3S/c19-10-3-1-9(2-4-10)12-7-21-17(22-12)28-8-13(25)14-15(20)24(11-5-6-11)18(27)23-16(14)26/h1-4,7,11H,5-6,8,20H2,(H,21,22)(H,23,26,27). The molecule has 0 unspecified atom stereocenters. The van der Waals surface area contributed by atoms with Gasteiger partial charge in [0.2, 0.25) is 0 Å². The number of nitrogens with one attached hydrogen (secondary N) is 2. The van der Waals surface area contributed by atoms with Crippen LogP contribution in [0.2, 0.25) is 0 Å². The molecule has 0 bridgehead atoms. The SMILES string of the molecule is Nc1c(C(=O)CSc2ncc(-c3ccc(Br)cc3)[nH]2)c(=O)[nH]c(=O)n1C1CC1. The van der Waals surface area contributed by atoms with Crippen molar-refractivity contribution in [2.45, 2.75) is 24.0 Å². The minimum atomic E-state index is -0.750. The first-order chi connectivity index (χ1) is 13.4. The molecule has 2 heterocycles. The van der Waals surface area contributed by atoms with Crippen molar-refractivity contribution >= 4 is 39.3 Å². The molecule has 0 radical (unpaired) electrons. The van der Waals surface area contributed by atoms with Crippen LogP contribution in [-0.2, 0) is 0 Å². The van der Waals surface area contributed by atoms with Gasteiger partial charge >= 0.3 is 5.69 Å². The molecule has 10 heteroatoms. The molecule has 4 N–H and O–H groups in total. The molecule has 8 nitrogen and oxygen atoms in total. The normalized spacial score (nSPS) is 13.6. The minimum absolute atomic E-state index is 0.0244. The fourth-order valence-electron chi connectivity index (χ4n) is 2.89. The summed E-state index contributed by atoms with van der Waals surface area (Å²) in [6, 6.07) is 7.70. The number of nitrogens with zero attached hydrogens (tertiary/aromatic N) is 2. The van der Waals surface area contributed by atoms with Crippen LogP contribution in [0.25, 0.3) is 11.3 Å². The van der Waals surface area contributed by atoms with Gasteiger partial charge in [0.1, 0.15) is 11.4 Å². The third-order valence-electron chi connectivity index (χ3n) is 4.42. The first-order valence-electron chi connectivity index (χ1n) is 8.55. The first-order valence-corrected chi connectivity index (χ1v) is 10.3. The highest BCUT2D eigenvalue weighted by Crippen LogP contribution is 2.35. The van der Waals surface area contributed by atoms with E-state index in [1.165, 1.54) is 16.3 Å². The Balaban J connectivity index is 1.51. The minimum Gasteiger partial charge on any atom is -0.384 e. The van der Waals surface area contributed by atoms with Gasteiger partial charge in [-0.25, -0.2) is 9.78 Å². The second-order valence-corrected chi connectivity index (χ2v) is 8.32. The van der Waals surface area contributed by atoms with Gasteiger partial charge in [-0.3, -0.25) is 19.1 Å². The van der Waals surface area contributed by atoms with E-state index < -0.39 is 17.0 Å². The summed E-state index contributed by atoms with van der Waals surface area (Å²) >= 11 is 4.57. The Morgan fingerprint density at radius 3 is 2.64 bits per heavy atom. The largest absolute Gasteiger partial charge is 0.384 e. The van der Waals surface area contributed by atoms with E-state index in [1.54, 1.807) is 6.20 Å². The molecule has 0 aliphatic heterocycles. The van der Waals surface area contributed by atoms with Crippen LogP contribution >= 0.6 is 27.7 Å². The number of hydrogen-bond donors (Lipinski definition) is 3. The lowest BCUT2D eigenvalue weighted by Gasteiger charge is -2.10. The van der Waals surface area contributed by atoms with Crippen LogP contribution in [0.3, 0.4) is 0 Å². The number of carbonyl (C=O) groups excluding carboxylic acids is 1. The van der Waals surface area contributed by atoms with E-state index in [4.69, 9.17) is 5.73 Å². The molecule has 0 atom stereocenters. The molecular weight excluding hydrogens is 446 g/mol. The van der Waals surface area contributed by atoms with Crippen LogP contribution < -0.4 is 17.0 Å². The smallest absolute Gasteiger partial charge is 0.330 e. The predicted octanol–water partition coefficient (Wildman–Crippen LogP) is 2.58. The van der Waals surface area contributed by atoms with Crippen molar-refractivity contribution in [2.75, 3.05) is 11.5 Å². The van der Waals surface area contributed by atoms with Crippen molar-refractivity contribution in [3.05, 3.63) is 61.3 Å². The summed E-state index contributed by atoms with van der Waals surface area (Å²) < 4.78 is 2.28. The second kappa shape index (κ2) is 7.44. The van der Waals surface area contributed by atoms with Gasteiger partial charge < -0.3 is 10.7 Å². The summed E-state index contributed by atoms with van der Waals surface area (Å²) in [6.45, 7) is 0. The van der Waals surface area contributed by atoms with Crippen LogP contribution in [0.15, 0.2) is 49.7 Å². The van der Waals surface area contributed by atoms with Gasteiger partial charge in [-0.15, -0.1) is 0 Å². The summed E-state index contributed by atoms with van der Waals surface area (Å²) in [6.07, 6.45) is 3.30. The number of nitrogens with two attached hydrogens (primary N) is 1. The zero-order valence-electron chi connectivity index (χ0n) is 14.6. The van der Waals surface area contributed by atoms with Crippen molar-refractivity contribution in [1.82, 2.24) is 19.5 Å². The van der Waals surface area contributed by atoms with Crippen LogP contribution in [0.4, 0.5) is 5.82 Å². The highest BCUT2D eigenvalue weighted by atomic mass is 79.9. The topological polar surface area (TPSA) is 127 Å². The average Bonchev–Trinajstić information content (AvgIpc) is 3.36. The Morgan fingerprint density at radius 1 is 1.25 bits per heavy atom. The van der Waals surface area contributed by atoms with Crippen LogP contribution in [0.1, 0.15) is 29.2 Å². The third kappa shape index (κ3) is 3.69. The van der Waals surface area contributed by atoms with Gasteiger partial charge in [0.15, 0.2) is 10.9 Å². The lowest BCUT2D eigenvalue weighted by molar-refractivity contribution is 0.102. The summed E-state index contributed by atoms with van der Waals surface area (Å²) in [5.74, 6) is -0.528. The highest BCUT2D eigenvalue weighted by Gasteiger charge is 2.30. The number of benzene rings is 1. The van der Waals surface area contributed by atoms with Crippen molar-refractivity contribution in [1.29, 1.82) is 0 Å². The molecule has 1 aliphatic carbocycles. The number of imidazole rings is 1. The van der Waals surface area contributed by atoms with E-state index in [0.29, 0.717) is 5.16 Å². The molecule has 0 saturated heterocycles. The number of anilines is 1. The van der Waals surface area contributed by atoms with Gasteiger partial charge in [0.25, 0.3) is 5.56 Å². The predicted molar refractivity (Wildman–Crippen MR) is 111 cm³/mol. The fourth-order valence-corrected chi connectivity index (χ4v) is 3.88. The van der Waals surface area contributed by atoms with Gasteiger partial charge in [0, 0.05) is 10.5 Å². The molecule has 1 aliphatic rings. The number of carbonyl (C=O) groups is 1. The molecule has 1 saturated carbocycles. The Morgan fingerprint density at radius 2 is 1.96 bits per heavy atom. The monoisotopic (exact) mass is 461 g/mol. The third-order valence-corrected chi connectivity index (χ3v) is 5.84. The molecule has 2 aromatic heterocycles. The summed E-state index contributed by atoms with van der Waals surface area (Å²) in [4.78, 5) is 46.3. The van der Waals surface area contributed by atoms with E-state index in [-0.39, 0.29) is 23.2 Å². The number of nitrogen functional groups attached to an aromatic ring is 1. The zero-order valence-corrected chi connectivity index (χ0v) is 17.0. The van der Waals surface area contributed by atoms with Crippen molar-refractivity contribution in [3.63, 3.8) is 0 Å². The van der Waals surface area contributed by atoms with Gasteiger partial charge in [-0.2, -0.15) is 0 Å². The number of H-pyrrole nitrogens is 2. The second-order valence-electron chi connectivity index (χ2n) is 6.44. The van der Waals surface area contributed by atoms with E-state index in [2.05, 4.69) is 30.9 Å². The Kier molecular flexibility index (Phi) is 4.98. The van der Waals surface area contributed by atoms with Crippen LogP contribution in [-0.4, -0.2) is 31.1 Å². The lowest BCUT2D eigenvalue weighted by Crippen LogP contribution is -2.36. The van der Waals surface area contributed by atoms with Crippen molar-refractivity contribution in [2.24, 2.45) is 0 Å². The molecule has 0 amide bonds. The molecule has 3 aromatic rings. The highest BCUT2D eigenvalue weighted by molar-refractivity contribution is 9.10. The average molecular weight is 462 g/mol. The number of hydrogen-bond acceptors (Lipinski definition) is 6. The Hall–Kier alpha value is -2.59. The lowest BCUT2D eigenvalue weighted by atomic mass is 10.2. The number of ketones is 1. The van der Waals surface area contributed by atoms with Gasteiger partial charge in [-0.1, -0.05) is 39.8 Å². The number of aromatic amines is 2. The van der Waals surface area contributed by atoms with Crippen LogP contribution in [0.5, 0.6) is 0 Å². The van der Waals surface area contributed by atoms with E-state index in [9.17, 15) is 14.4 Å². The molecular formula is C18H16BrN5O3S. The van der Waals surface area contributed by atoms with E-state index >= 15 is 0 Å². The molecule has 1 aromatic carbocycles. The van der Waals surface area contributed by atoms with Gasteiger partial charge in [-0.05, 0) is 30.5 Å². The molecule has 1 fully saturated rings. The quantitative estimate of drug-likeness (QED) is 0.382. The van der Waals surface area contributed by atoms with Crippen LogP contribution in [0, 0.1) is 0 Å². The summed E-state index contributed by atoms with van der Waals surface area (Å²) in [5, 5.41) is 0.553. The molecule has 144 valence electrons. The van der Waals surface area contributed by atoms with Gasteiger partial charge in [0.05, 0.1) is 17.6 Å². The maximum atomic E-state index is 12.6. The number of halogens is 1. The number of rotatable bonds is 6. The number of aromatic nitrogens is 4. The molecule has 0 spiro atoms. The number of thioether (sulfide) groups is 1. The maximum Gasteiger partial charge on any atom is 0.330 e. The van der Waals surface area contributed by atoms with E-state index in [0.717, 1.165) is 28.6 Å². The van der Waals surface area contributed by atoms with E-state index in [1.807, 2.05) is 24.3 Å². The fraction of sp³-hybridized carbons (Fsp3) is 0.222. The zero-order chi connectivity index (χ0) is 19.8. The van der Waals surface area contributed by atoms with Crippen molar-refractivity contribution in [3.8, 4) is 11.3 Å². The summed E-state index contributed by atoms with van der Waals surface area (Å²) in [7, 11) is 0. The first kappa shape index (κ1) is 18.8.